The third-order valence-corrected chi connectivity index (χ3v) is 4.44. The van der Waals surface area contributed by atoms with Gasteiger partial charge in [0.25, 0.3) is 0 Å². The fraction of sp³-hybridized carbons (Fsp3) is 0.286. The molecule has 0 aliphatic heterocycles. The summed E-state index contributed by atoms with van der Waals surface area (Å²) in [4.78, 5) is 12.4. The minimum Gasteiger partial charge on any atom is -0.352 e. The lowest BCUT2D eigenvalue weighted by Gasteiger charge is -2.15. The number of benzene rings is 2. The SMILES string of the molecule is Cc1cc2ccccc2n1CC(=O)NC(C)CCc1ccccc1. The predicted molar refractivity (Wildman–Crippen MR) is 99.0 cm³/mol. The molecule has 1 aromatic heterocycles. The molecular weight excluding hydrogens is 296 g/mol. The molecule has 124 valence electrons. The van der Waals surface area contributed by atoms with Crippen molar-refractivity contribution in [3.63, 3.8) is 0 Å². The fourth-order valence-electron chi connectivity index (χ4n) is 3.12. The zero-order chi connectivity index (χ0) is 16.9. The fourth-order valence-corrected chi connectivity index (χ4v) is 3.12. The van der Waals surface area contributed by atoms with E-state index < -0.39 is 0 Å². The van der Waals surface area contributed by atoms with E-state index in [4.69, 9.17) is 0 Å². The van der Waals surface area contributed by atoms with Crippen LogP contribution in [0.15, 0.2) is 60.7 Å². The van der Waals surface area contributed by atoms with Crippen LogP contribution in [-0.4, -0.2) is 16.5 Å². The third-order valence-electron chi connectivity index (χ3n) is 4.44. The van der Waals surface area contributed by atoms with E-state index in [1.807, 2.05) is 25.1 Å². The molecule has 3 aromatic rings. The maximum Gasteiger partial charge on any atom is 0.240 e. The summed E-state index contributed by atoms with van der Waals surface area (Å²) >= 11 is 0. The standard InChI is InChI=1S/C21H24N2O/c1-16(12-13-18-8-4-3-5-9-18)22-21(24)15-23-17(2)14-19-10-6-7-11-20(19)23/h3-11,14,16H,12-13,15H2,1-2H3,(H,22,24). The van der Waals surface area contributed by atoms with Gasteiger partial charge in [-0.25, -0.2) is 0 Å². The summed E-state index contributed by atoms with van der Waals surface area (Å²) in [5.41, 5.74) is 3.54. The van der Waals surface area contributed by atoms with Crippen LogP contribution >= 0.6 is 0 Å². The van der Waals surface area contributed by atoms with E-state index in [1.165, 1.54) is 10.9 Å². The quantitative estimate of drug-likeness (QED) is 0.729. The average molecular weight is 320 g/mol. The third kappa shape index (κ3) is 3.85. The molecule has 3 heteroatoms. The molecule has 0 aliphatic carbocycles. The van der Waals surface area contributed by atoms with Crippen molar-refractivity contribution in [3.05, 3.63) is 71.9 Å². The van der Waals surface area contributed by atoms with Gasteiger partial charge in [-0.15, -0.1) is 0 Å². The second-order valence-electron chi connectivity index (χ2n) is 6.42. The Labute approximate surface area is 143 Å². The van der Waals surface area contributed by atoms with Crippen molar-refractivity contribution in [2.45, 2.75) is 39.3 Å². The van der Waals surface area contributed by atoms with Crippen LogP contribution in [0.25, 0.3) is 10.9 Å². The summed E-state index contributed by atoms with van der Waals surface area (Å²) in [7, 11) is 0. The number of fused-ring (bicyclic) bond motifs is 1. The highest BCUT2D eigenvalue weighted by Gasteiger charge is 2.11. The van der Waals surface area contributed by atoms with Crippen molar-refractivity contribution >= 4 is 16.8 Å². The molecule has 2 aromatic carbocycles. The van der Waals surface area contributed by atoms with Crippen LogP contribution in [-0.2, 0) is 17.8 Å². The van der Waals surface area contributed by atoms with Gasteiger partial charge >= 0.3 is 0 Å². The number of amides is 1. The molecule has 1 N–H and O–H groups in total. The Hall–Kier alpha value is -2.55. The van der Waals surface area contributed by atoms with E-state index in [1.54, 1.807) is 0 Å². The highest BCUT2D eigenvalue weighted by molar-refractivity contribution is 5.84. The number of hydrogen-bond donors (Lipinski definition) is 1. The average Bonchev–Trinajstić information content (AvgIpc) is 2.90. The zero-order valence-electron chi connectivity index (χ0n) is 14.3. The number of carbonyl (C=O) groups is 1. The lowest BCUT2D eigenvalue weighted by atomic mass is 10.1. The summed E-state index contributed by atoms with van der Waals surface area (Å²) in [5.74, 6) is 0.0695. The van der Waals surface area contributed by atoms with Gasteiger partial charge in [-0.2, -0.15) is 0 Å². The van der Waals surface area contributed by atoms with Gasteiger partial charge in [-0.1, -0.05) is 48.5 Å². The molecule has 0 saturated carbocycles. The van der Waals surface area contributed by atoms with Crippen molar-refractivity contribution in [2.24, 2.45) is 0 Å². The minimum atomic E-state index is 0.0695. The largest absolute Gasteiger partial charge is 0.352 e. The summed E-state index contributed by atoms with van der Waals surface area (Å²) in [5, 5.41) is 4.30. The molecule has 3 nitrogen and oxygen atoms in total. The summed E-state index contributed by atoms with van der Waals surface area (Å²) in [6.45, 7) is 4.49. The molecule has 0 aliphatic rings. The predicted octanol–water partition coefficient (Wildman–Crippen LogP) is 4.09. The Morgan fingerprint density at radius 3 is 2.58 bits per heavy atom. The first-order valence-corrected chi connectivity index (χ1v) is 8.51. The van der Waals surface area contributed by atoms with Crippen molar-refractivity contribution in [1.82, 2.24) is 9.88 Å². The van der Waals surface area contributed by atoms with Gasteiger partial charge in [0, 0.05) is 17.3 Å². The van der Waals surface area contributed by atoms with E-state index >= 15 is 0 Å². The van der Waals surface area contributed by atoms with Crippen molar-refractivity contribution in [1.29, 1.82) is 0 Å². The van der Waals surface area contributed by atoms with E-state index in [2.05, 4.69) is 59.3 Å². The number of carbonyl (C=O) groups excluding carboxylic acids is 1. The van der Waals surface area contributed by atoms with Gasteiger partial charge in [-0.3, -0.25) is 4.79 Å². The molecule has 1 heterocycles. The first kappa shape index (κ1) is 16.3. The van der Waals surface area contributed by atoms with Gasteiger partial charge in [-0.05, 0) is 49.8 Å². The molecule has 0 saturated heterocycles. The van der Waals surface area contributed by atoms with Crippen LogP contribution in [0.2, 0.25) is 0 Å². The van der Waals surface area contributed by atoms with Gasteiger partial charge in [0.1, 0.15) is 6.54 Å². The van der Waals surface area contributed by atoms with E-state index in [0.29, 0.717) is 6.54 Å². The lowest BCUT2D eigenvalue weighted by Crippen LogP contribution is -2.35. The molecule has 3 rings (SSSR count). The lowest BCUT2D eigenvalue weighted by molar-refractivity contribution is -0.122. The van der Waals surface area contributed by atoms with Crippen LogP contribution < -0.4 is 5.32 Å². The molecule has 0 bridgehead atoms. The number of aryl methyl sites for hydroxylation is 2. The first-order valence-electron chi connectivity index (χ1n) is 8.51. The number of nitrogens with zero attached hydrogens (tertiary/aromatic N) is 1. The van der Waals surface area contributed by atoms with Crippen LogP contribution in [0, 0.1) is 6.92 Å². The Bertz CT molecular complexity index is 820. The Kier molecular flexibility index (Phi) is 4.99. The first-order chi connectivity index (χ1) is 11.6. The molecule has 1 amide bonds. The molecule has 1 atom stereocenters. The van der Waals surface area contributed by atoms with E-state index in [0.717, 1.165) is 24.1 Å². The molecular formula is C21H24N2O. The highest BCUT2D eigenvalue weighted by atomic mass is 16.2. The second-order valence-corrected chi connectivity index (χ2v) is 6.42. The minimum absolute atomic E-state index is 0.0695. The van der Waals surface area contributed by atoms with Crippen LogP contribution in [0.4, 0.5) is 0 Å². The van der Waals surface area contributed by atoms with E-state index in [9.17, 15) is 4.79 Å². The van der Waals surface area contributed by atoms with Crippen LogP contribution in [0.5, 0.6) is 0 Å². The van der Waals surface area contributed by atoms with Crippen molar-refractivity contribution in [3.8, 4) is 0 Å². The normalized spacial score (nSPS) is 12.2. The van der Waals surface area contributed by atoms with Gasteiger partial charge in [0.2, 0.25) is 5.91 Å². The maximum atomic E-state index is 12.4. The van der Waals surface area contributed by atoms with Crippen molar-refractivity contribution in [2.75, 3.05) is 0 Å². The number of aromatic nitrogens is 1. The topological polar surface area (TPSA) is 34.0 Å². The van der Waals surface area contributed by atoms with E-state index in [-0.39, 0.29) is 11.9 Å². The molecule has 1 unspecified atom stereocenters. The number of rotatable bonds is 6. The van der Waals surface area contributed by atoms with Gasteiger partial charge < -0.3 is 9.88 Å². The number of hydrogen-bond acceptors (Lipinski definition) is 1. The van der Waals surface area contributed by atoms with Gasteiger partial charge in [0.15, 0.2) is 0 Å². The molecule has 0 radical (unpaired) electrons. The molecule has 0 fully saturated rings. The van der Waals surface area contributed by atoms with Gasteiger partial charge in [0.05, 0.1) is 0 Å². The molecule has 24 heavy (non-hydrogen) atoms. The monoisotopic (exact) mass is 320 g/mol. The molecule has 0 spiro atoms. The number of para-hydroxylation sites is 1. The number of nitrogens with one attached hydrogen (secondary N) is 1. The summed E-state index contributed by atoms with van der Waals surface area (Å²) < 4.78 is 2.08. The Morgan fingerprint density at radius 1 is 1.08 bits per heavy atom. The summed E-state index contributed by atoms with van der Waals surface area (Å²) in [6.07, 6.45) is 1.93. The zero-order valence-corrected chi connectivity index (χ0v) is 14.3. The Morgan fingerprint density at radius 2 is 1.79 bits per heavy atom. The Balaban J connectivity index is 1.57. The second kappa shape index (κ2) is 7.35. The maximum absolute atomic E-state index is 12.4. The highest BCUT2D eigenvalue weighted by Crippen LogP contribution is 2.18. The smallest absolute Gasteiger partial charge is 0.240 e. The van der Waals surface area contributed by atoms with Crippen molar-refractivity contribution < 1.29 is 4.79 Å². The van der Waals surface area contributed by atoms with Crippen LogP contribution in [0.3, 0.4) is 0 Å². The summed E-state index contributed by atoms with van der Waals surface area (Å²) in [6, 6.07) is 20.9. The van der Waals surface area contributed by atoms with Crippen LogP contribution in [0.1, 0.15) is 24.6 Å².